The molecule has 0 aliphatic carbocycles. The van der Waals surface area contributed by atoms with E-state index in [0.29, 0.717) is 11.3 Å². The van der Waals surface area contributed by atoms with Crippen LogP contribution in [0.15, 0.2) is 84.9 Å². The van der Waals surface area contributed by atoms with Gasteiger partial charge < -0.3 is 15.2 Å². The Hall–Kier alpha value is -4.52. The van der Waals surface area contributed by atoms with E-state index in [1.165, 1.54) is 13.2 Å². The Kier molecular flexibility index (Phi) is 6.40. The van der Waals surface area contributed by atoms with Crippen LogP contribution >= 0.6 is 0 Å². The lowest BCUT2D eigenvalue weighted by molar-refractivity contribution is 0.0601. The third kappa shape index (κ3) is 4.72. The lowest BCUT2D eigenvalue weighted by Gasteiger charge is -2.17. The molecule has 7 heteroatoms. The number of carboxylic acid groups (broad SMARTS) is 1. The van der Waals surface area contributed by atoms with E-state index in [1.807, 2.05) is 60.7 Å². The Labute approximate surface area is 190 Å². The molecular weight excluding hydrogens is 418 g/mol. The number of nitrogens with zero attached hydrogens (tertiary/aromatic N) is 2. The zero-order chi connectivity index (χ0) is 23.2. The molecule has 0 saturated heterocycles. The second-order valence-electron chi connectivity index (χ2n) is 7.23. The minimum Gasteiger partial charge on any atom is -0.478 e. The molecule has 1 heterocycles. The largest absolute Gasteiger partial charge is 0.478 e. The highest BCUT2D eigenvalue weighted by Gasteiger charge is 2.25. The van der Waals surface area contributed by atoms with Gasteiger partial charge in [-0.25, -0.2) is 9.59 Å². The van der Waals surface area contributed by atoms with Gasteiger partial charge in [-0.3, -0.25) is 0 Å². The van der Waals surface area contributed by atoms with Gasteiger partial charge >= 0.3 is 11.9 Å². The molecule has 3 aromatic carbocycles. The fourth-order valence-electron chi connectivity index (χ4n) is 3.55. The summed E-state index contributed by atoms with van der Waals surface area (Å²) in [6.45, 7) is 0.249. The first-order valence-electron chi connectivity index (χ1n) is 10.2. The first-order valence-corrected chi connectivity index (χ1v) is 10.2. The number of carbonyl (C=O) groups excluding carboxylic acids is 1. The summed E-state index contributed by atoms with van der Waals surface area (Å²) < 4.78 is 5.11. The number of aromatic carboxylic acids is 1. The molecule has 7 nitrogen and oxygen atoms in total. The van der Waals surface area contributed by atoms with Crippen molar-refractivity contribution in [1.29, 1.82) is 0 Å². The molecule has 4 aromatic rings. The lowest BCUT2D eigenvalue weighted by Crippen LogP contribution is -2.14. The van der Waals surface area contributed by atoms with Gasteiger partial charge in [0.05, 0.1) is 12.7 Å². The Morgan fingerprint density at radius 1 is 0.879 bits per heavy atom. The van der Waals surface area contributed by atoms with E-state index in [2.05, 4.69) is 15.5 Å². The normalized spacial score (nSPS) is 10.5. The van der Waals surface area contributed by atoms with Gasteiger partial charge in [0, 0.05) is 17.7 Å². The van der Waals surface area contributed by atoms with Gasteiger partial charge in [-0.15, -0.1) is 10.2 Å². The smallest absolute Gasteiger partial charge is 0.342 e. The van der Waals surface area contributed by atoms with Crippen LogP contribution in [0.1, 0.15) is 26.3 Å². The predicted molar refractivity (Wildman–Crippen MR) is 125 cm³/mol. The van der Waals surface area contributed by atoms with Crippen molar-refractivity contribution in [1.82, 2.24) is 10.2 Å². The summed E-state index contributed by atoms with van der Waals surface area (Å²) in [6, 6.07) is 25.5. The molecule has 33 heavy (non-hydrogen) atoms. The maximum Gasteiger partial charge on any atom is 0.342 e. The molecule has 0 amide bonds. The number of methoxy groups -OCH3 is 1. The summed E-state index contributed by atoms with van der Waals surface area (Å²) in [5.41, 5.74) is 3.93. The van der Waals surface area contributed by atoms with Crippen molar-refractivity contribution in [3.63, 3.8) is 0 Å². The van der Waals surface area contributed by atoms with Crippen molar-refractivity contribution in [3.05, 3.63) is 102 Å². The molecule has 0 aliphatic rings. The van der Waals surface area contributed by atoms with E-state index in [4.69, 9.17) is 4.74 Å². The molecule has 0 aliphatic heterocycles. The van der Waals surface area contributed by atoms with E-state index < -0.39 is 11.9 Å². The quantitative estimate of drug-likeness (QED) is 0.395. The molecule has 0 radical (unpaired) electrons. The van der Waals surface area contributed by atoms with E-state index in [-0.39, 0.29) is 23.5 Å². The number of anilines is 1. The summed E-state index contributed by atoms with van der Waals surface area (Å²) in [7, 11) is 1.32. The zero-order valence-electron chi connectivity index (χ0n) is 17.9. The SMILES string of the molecule is COC(=O)c1c(NCc2cccc(C(=O)O)c2)nnc(-c2ccccc2)c1-c1ccccc1. The monoisotopic (exact) mass is 439 g/mol. The summed E-state index contributed by atoms with van der Waals surface area (Å²) in [5.74, 6) is -1.31. The van der Waals surface area contributed by atoms with Crippen LogP contribution in [-0.4, -0.2) is 34.4 Å². The van der Waals surface area contributed by atoms with Crippen molar-refractivity contribution in [2.24, 2.45) is 0 Å². The van der Waals surface area contributed by atoms with Crippen molar-refractivity contribution < 1.29 is 19.4 Å². The molecule has 164 valence electrons. The first kappa shape index (κ1) is 21.7. The maximum absolute atomic E-state index is 13.0. The molecule has 0 unspecified atom stereocenters. The van der Waals surface area contributed by atoms with Gasteiger partial charge in [-0.2, -0.15) is 0 Å². The molecule has 2 N–H and O–H groups in total. The molecule has 0 atom stereocenters. The van der Waals surface area contributed by atoms with Crippen LogP contribution in [0, 0.1) is 0 Å². The van der Waals surface area contributed by atoms with E-state index in [1.54, 1.807) is 18.2 Å². The first-order chi connectivity index (χ1) is 16.1. The van der Waals surface area contributed by atoms with Crippen molar-refractivity contribution in [2.75, 3.05) is 12.4 Å². The highest BCUT2D eigenvalue weighted by Crippen LogP contribution is 2.36. The van der Waals surface area contributed by atoms with Crippen molar-refractivity contribution in [2.45, 2.75) is 6.54 Å². The fraction of sp³-hybridized carbons (Fsp3) is 0.0769. The van der Waals surface area contributed by atoms with Crippen LogP contribution in [-0.2, 0) is 11.3 Å². The molecular formula is C26H21N3O4. The molecule has 0 spiro atoms. The lowest BCUT2D eigenvalue weighted by atomic mass is 9.95. The van der Waals surface area contributed by atoms with Crippen LogP contribution in [0.25, 0.3) is 22.4 Å². The predicted octanol–water partition coefficient (Wildman–Crippen LogP) is 4.91. The topological polar surface area (TPSA) is 101 Å². The van der Waals surface area contributed by atoms with Crippen LogP contribution in [0.3, 0.4) is 0 Å². The Balaban J connectivity index is 1.84. The number of esters is 1. The molecule has 4 rings (SSSR count). The van der Waals surface area contributed by atoms with Crippen LogP contribution in [0.4, 0.5) is 5.82 Å². The van der Waals surface area contributed by atoms with Gasteiger partial charge in [0.25, 0.3) is 0 Å². The number of hydrogen-bond donors (Lipinski definition) is 2. The number of ether oxygens (including phenoxy) is 1. The van der Waals surface area contributed by atoms with Crippen LogP contribution in [0.2, 0.25) is 0 Å². The highest BCUT2D eigenvalue weighted by molar-refractivity contribution is 6.05. The van der Waals surface area contributed by atoms with Crippen LogP contribution < -0.4 is 5.32 Å². The second-order valence-corrected chi connectivity index (χ2v) is 7.23. The van der Waals surface area contributed by atoms with Crippen LogP contribution in [0.5, 0.6) is 0 Å². The van der Waals surface area contributed by atoms with Gasteiger partial charge in [-0.05, 0) is 23.3 Å². The summed E-state index contributed by atoms with van der Waals surface area (Å²) in [4.78, 5) is 24.2. The van der Waals surface area contributed by atoms with Gasteiger partial charge in [0.1, 0.15) is 11.3 Å². The summed E-state index contributed by atoms with van der Waals surface area (Å²) in [6.07, 6.45) is 0. The molecule has 0 saturated carbocycles. The zero-order valence-corrected chi connectivity index (χ0v) is 17.9. The number of rotatable bonds is 7. The Morgan fingerprint density at radius 2 is 1.55 bits per heavy atom. The average Bonchev–Trinajstić information content (AvgIpc) is 2.87. The van der Waals surface area contributed by atoms with Gasteiger partial charge in [0.15, 0.2) is 5.82 Å². The molecule has 0 bridgehead atoms. The maximum atomic E-state index is 13.0. The average molecular weight is 439 g/mol. The summed E-state index contributed by atoms with van der Waals surface area (Å²) >= 11 is 0. The number of benzene rings is 3. The number of nitrogens with one attached hydrogen (secondary N) is 1. The van der Waals surface area contributed by atoms with Gasteiger partial charge in [0.2, 0.25) is 0 Å². The Morgan fingerprint density at radius 3 is 2.18 bits per heavy atom. The molecule has 1 aromatic heterocycles. The highest BCUT2D eigenvalue weighted by atomic mass is 16.5. The minimum absolute atomic E-state index is 0.179. The minimum atomic E-state index is -1.01. The number of carboxylic acids is 1. The van der Waals surface area contributed by atoms with E-state index >= 15 is 0 Å². The summed E-state index contributed by atoms with van der Waals surface area (Å²) in [5, 5.41) is 21.1. The number of hydrogen-bond acceptors (Lipinski definition) is 6. The van der Waals surface area contributed by atoms with E-state index in [9.17, 15) is 14.7 Å². The molecule has 0 fully saturated rings. The number of aromatic nitrogens is 2. The second kappa shape index (κ2) is 9.74. The van der Waals surface area contributed by atoms with Crippen molar-refractivity contribution in [3.8, 4) is 22.4 Å². The number of carbonyl (C=O) groups is 2. The van der Waals surface area contributed by atoms with E-state index in [0.717, 1.165) is 16.7 Å². The standard InChI is InChI=1S/C26H21N3O4/c1-33-26(32)22-21(18-10-4-2-5-11-18)23(19-12-6-3-7-13-19)28-29-24(22)27-16-17-9-8-14-20(15-17)25(30)31/h2-15H,16H2,1H3,(H,27,29)(H,30,31). The Bertz CT molecular complexity index is 1290. The van der Waals surface area contributed by atoms with Crippen molar-refractivity contribution >= 4 is 17.8 Å². The van der Waals surface area contributed by atoms with Gasteiger partial charge in [-0.1, -0.05) is 72.8 Å². The third-order valence-corrected chi connectivity index (χ3v) is 5.11. The third-order valence-electron chi connectivity index (χ3n) is 5.11. The fourth-order valence-corrected chi connectivity index (χ4v) is 3.55.